The van der Waals surface area contributed by atoms with E-state index in [0.717, 1.165) is 24.2 Å². The first-order valence-electron chi connectivity index (χ1n) is 5.75. The Kier molecular flexibility index (Phi) is 3.25. The molecule has 0 spiro atoms. The highest BCUT2D eigenvalue weighted by Gasteiger charge is 2.48. The van der Waals surface area contributed by atoms with Crippen LogP contribution in [0.5, 0.6) is 0 Å². The maximum absolute atomic E-state index is 12.9. The van der Waals surface area contributed by atoms with Gasteiger partial charge >= 0.3 is 6.18 Å². The van der Waals surface area contributed by atoms with Crippen molar-refractivity contribution in [2.75, 3.05) is 6.54 Å². The minimum absolute atomic E-state index is 0.00289. The van der Waals surface area contributed by atoms with Crippen molar-refractivity contribution < 1.29 is 13.2 Å². The van der Waals surface area contributed by atoms with Gasteiger partial charge in [0.15, 0.2) is 0 Å². The lowest BCUT2D eigenvalue weighted by atomic mass is 9.91. The molecule has 1 saturated carbocycles. The number of nitrogens with one attached hydrogen (secondary N) is 1. The van der Waals surface area contributed by atoms with E-state index in [1.165, 1.54) is 5.38 Å². The molecule has 1 aromatic heterocycles. The predicted molar refractivity (Wildman–Crippen MR) is 63.1 cm³/mol. The molecule has 17 heavy (non-hydrogen) atoms. The molecule has 1 nitrogen and oxygen atoms in total. The van der Waals surface area contributed by atoms with Gasteiger partial charge < -0.3 is 5.32 Å². The molecular weight excluding hydrogens is 247 g/mol. The van der Waals surface area contributed by atoms with Crippen LogP contribution in [0, 0.1) is 5.41 Å². The minimum atomic E-state index is -4.24. The van der Waals surface area contributed by atoms with Gasteiger partial charge in [-0.2, -0.15) is 24.5 Å². The lowest BCUT2D eigenvalue weighted by molar-refractivity contribution is -0.138. The molecular formula is C12H16F3NS. The Morgan fingerprint density at radius 1 is 1.41 bits per heavy atom. The molecule has 1 N–H and O–H groups in total. The second-order valence-corrected chi connectivity index (χ2v) is 5.63. The quantitative estimate of drug-likeness (QED) is 0.857. The van der Waals surface area contributed by atoms with Crippen molar-refractivity contribution in [3.05, 3.63) is 21.9 Å². The molecule has 96 valence electrons. The Morgan fingerprint density at radius 2 is 2.06 bits per heavy atom. The molecule has 0 amide bonds. The van der Waals surface area contributed by atoms with E-state index in [-0.39, 0.29) is 11.5 Å². The third-order valence-corrected chi connectivity index (χ3v) is 4.21. The van der Waals surface area contributed by atoms with Crippen LogP contribution in [0.4, 0.5) is 13.2 Å². The van der Waals surface area contributed by atoms with E-state index in [0.29, 0.717) is 12.1 Å². The highest BCUT2D eigenvalue weighted by molar-refractivity contribution is 7.08. The minimum Gasteiger partial charge on any atom is -0.310 e. The summed E-state index contributed by atoms with van der Waals surface area (Å²) in [5, 5.41) is 6.06. The summed E-state index contributed by atoms with van der Waals surface area (Å²) in [5.41, 5.74) is -0.0530. The van der Waals surface area contributed by atoms with Gasteiger partial charge in [0.1, 0.15) is 0 Å². The number of thiophene rings is 1. The van der Waals surface area contributed by atoms with E-state index in [9.17, 15) is 13.2 Å². The van der Waals surface area contributed by atoms with Crippen molar-refractivity contribution in [2.24, 2.45) is 5.41 Å². The average Bonchev–Trinajstić information content (AvgIpc) is 2.80. The van der Waals surface area contributed by atoms with E-state index in [4.69, 9.17) is 0 Å². The monoisotopic (exact) mass is 263 g/mol. The van der Waals surface area contributed by atoms with Gasteiger partial charge in [-0.15, -0.1) is 0 Å². The molecule has 1 heterocycles. The predicted octanol–water partition coefficient (Wildman–Crippen LogP) is 4.22. The van der Waals surface area contributed by atoms with Gasteiger partial charge in [-0.25, -0.2) is 0 Å². The van der Waals surface area contributed by atoms with Crippen molar-refractivity contribution in [1.29, 1.82) is 0 Å². The van der Waals surface area contributed by atoms with Gasteiger partial charge in [-0.05, 0) is 35.7 Å². The standard InChI is InChI=1S/C12H16F3NS/c1-3-16-10(11(2)4-5-11)8-6-17-7-9(8)12(13,14)15/h6-7,10,16H,3-5H2,1-2H3. The molecule has 1 atom stereocenters. The summed E-state index contributed by atoms with van der Waals surface area (Å²) in [4.78, 5) is 0. The topological polar surface area (TPSA) is 12.0 Å². The van der Waals surface area contributed by atoms with Gasteiger partial charge in [0.2, 0.25) is 0 Å². The van der Waals surface area contributed by atoms with Crippen LogP contribution in [0.2, 0.25) is 0 Å². The summed E-state index contributed by atoms with van der Waals surface area (Å²) >= 11 is 1.13. The molecule has 5 heteroatoms. The van der Waals surface area contributed by atoms with Crippen LogP contribution in [0.1, 0.15) is 43.9 Å². The van der Waals surface area contributed by atoms with Crippen molar-refractivity contribution in [3.63, 3.8) is 0 Å². The molecule has 0 radical (unpaired) electrons. The van der Waals surface area contributed by atoms with Crippen LogP contribution in [-0.2, 0) is 6.18 Å². The fourth-order valence-electron chi connectivity index (χ4n) is 2.18. The van der Waals surface area contributed by atoms with Crippen LogP contribution >= 0.6 is 11.3 Å². The first-order chi connectivity index (χ1) is 7.88. The van der Waals surface area contributed by atoms with Gasteiger partial charge in [-0.1, -0.05) is 13.8 Å². The van der Waals surface area contributed by atoms with Crippen molar-refractivity contribution in [3.8, 4) is 0 Å². The highest BCUT2D eigenvalue weighted by atomic mass is 32.1. The number of hydrogen-bond acceptors (Lipinski definition) is 2. The van der Waals surface area contributed by atoms with Crippen LogP contribution in [-0.4, -0.2) is 6.54 Å². The number of rotatable bonds is 4. The van der Waals surface area contributed by atoms with Gasteiger partial charge in [0.25, 0.3) is 0 Å². The van der Waals surface area contributed by atoms with Crippen molar-refractivity contribution >= 4 is 11.3 Å². The molecule has 2 rings (SSSR count). The highest BCUT2D eigenvalue weighted by Crippen LogP contribution is 2.56. The third kappa shape index (κ3) is 2.50. The Labute approximate surface area is 103 Å². The molecule has 0 aliphatic heterocycles. The summed E-state index contributed by atoms with van der Waals surface area (Å²) in [6.45, 7) is 4.67. The molecule has 0 bridgehead atoms. The largest absolute Gasteiger partial charge is 0.417 e. The van der Waals surface area contributed by atoms with Crippen LogP contribution in [0.15, 0.2) is 10.8 Å². The zero-order chi connectivity index (χ0) is 12.7. The lowest BCUT2D eigenvalue weighted by Crippen LogP contribution is -2.29. The Morgan fingerprint density at radius 3 is 2.53 bits per heavy atom. The SMILES string of the molecule is CCNC(c1cscc1C(F)(F)F)C1(C)CC1. The molecule has 0 aromatic carbocycles. The first-order valence-corrected chi connectivity index (χ1v) is 6.69. The van der Waals surface area contributed by atoms with Crippen LogP contribution in [0.3, 0.4) is 0 Å². The van der Waals surface area contributed by atoms with E-state index >= 15 is 0 Å². The fraction of sp³-hybridized carbons (Fsp3) is 0.667. The number of hydrogen-bond donors (Lipinski definition) is 1. The molecule has 0 saturated heterocycles. The smallest absolute Gasteiger partial charge is 0.310 e. The molecule has 1 aliphatic carbocycles. The van der Waals surface area contributed by atoms with Gasteiger partial charge in [0, 0.05) is 11.4 Å². The molecule has 1 aliphatic rings. The van der Waals surface area contributed by atoms with Crippen LogP contribution < -0.4 is 5.32 Å². The van der Waals surface area contributed by atoms with E-state index in [2.05, 4.69) is 12.2 Å². The summed E-state index contributed by atoms with van der Waals surface area (Å²) in [7, 11) is 0. The van der Waals surface area contributed by atoms with E-state index in [1.54, 1.807) is 5.38 Å². The molecule has 1 aromatic rings. The summed E-state index contributed by atoms with van der Waals surface area (Å²) in [6, 6.07) is -0.171. The zero-order valence-electron chi connectivity index (χ0n) is 9.90. The second-order valence-electron chi connectivity index (χ2n) is 4.88. The summed E-state index contributed by atoms with van der Waals surface area (Å²) in [6.07, 6.45) is -2.25. The van der Waals surface area contributed by atoms with Crippen LogP contribution in [0.25, 0.3) is 0 Å². The summed E-state index contributed by atoms with van der Waals surface area (Å²) in [5.74, 6) is 0. The van der Waals surface area contributed by atoms with Gasteiger partial charge in [-0.3, -0.25) is 0 Å². The maximum atomic E-state index is 12.9. The van der Waals surface area contributed by atoms with Gasteiger partial charge in [0.05, 0.1) is 5.56 Å². The summed E-state index contributed by atoms with van der Waals surface area (Å²) < 4.78 is 38.6. The zero-order valence-corrected chi connectivity index (χ0v) is 10.7. The normalized spacial score (nSPS) is 20.3. The Bertz CT molecular complexity index is 393. The van der Waals surface area contributed by atoms with E-state index < -0.39 is 11.7 Å². The first kappa shape index (κ1) is 12.9. The number of alkyl halides is 3. The molecule has 1 unspecified atom stereocenters. The Balaban J connectivity index is 2.34. The maximum Gasteiger partial charge on any atom is 0.417 e. The van der Waals surface area contributed by atoms with Crippen molar-refractivity contribution in [1.82, 2.24) is 5.32 Å². The molecule has 1 fully saturated rings. The number of halogens is 3. The van der Waals surface area contributed by atoms with Crippen molar-refractivity contribution in [2.45, 2.75) is 38.9 Å². The Hall–Kier alpha value is -0.550. The second kappa shape index (κ2) is 4.28. The van der Waals surface area contributed by atoms with E-state index in [1.807, 2.05) is 6.92 Å². The fourth-order valence-corrected chi connectivity index (χ4v) is 3.07. The lowest BCUT2D eigenvalue weighted by Gasteiger charge is -2.25. The third-order valence-electron chi connectivity index (χ3n) is 3.45. The average molecular weight is 263 g/mol.